The van der Waals surface area contributed by atoms with Crippen LogP contribution in [0.1, 0.15) is 5.56 Å². The highest BCUT2D eigenvalue weighted by Gasteiger charge is 2.29. The van der Waals surface area contributed by atoms with E-state index in [1.807, 2.05) is 0 Å². The zero-order valence-corrected chi connectivity index (χ0v) is 10.8. The molecule has 0 radical (unpaired) electrons. The number of hydrogen-bond acceptors (Lipinski definition) is 6. The van der Waals surface area contributed by atoms with Gasteiger partial charge in [-0.2, -0.15) is 4.39 Å². The first kappa shape index (κ1) is 15.5. The lowest BCUT2D eigenvalue weighted by molar-refractivity contribution is -0.387. The van der Waals surface area contributed by atoms with E-state index >= 15 is 0 Å². The van der Waals surface area contributed by atoms with E-state index in [2.05, 4.69) is 9.47 Å². The number of ether oxygens (including phenoxy) is 2. The molecule has 0 aromatic heterocycles. The van der Waals surface area contributed by atoms with Gasteiger partial charge in [-0.3, -0.25) is 19.7 Å². The maximum atomic E-state index is 13.4. The van der Waals surface area contributed by atoms with Crippen molar-refractivity contribution in [1.29, 1.82) is 0 Å². The summed E-state index contributed by atoms with van der Waals surface area (Å²) in [4.78, 5) is 32.5. The monoisotopic (exact) mass is 285 g/mol. The van der Waals surface area contributed by atoms with Gasteiger partial charge in [0.2, 0.25) is 5.82 Å². The van der Waals surface area contributed by atoms with Gasteiger partial charge in [-0.25, -0.2) is 0 Å². The normalized spacial score (nSPS) is 10.2. The van der Waals surface area contributed by atoms with Gasteiger partial charge in [-0.15, -0.1) is 0 Å². The van der Waals surface area contributed by atoms with Crippen LogP contribution < -0.4 is 0 Å². The molecule has 7 nitrogen and oxygen atoms in total. The van der Waals surface area contributed by atoms with Gasteiger partial charge in [-0.05, 0) is 18.1 Å². The maximum Gasteiger partial charge on any atom is 0.320 e. The second kappa shape index (κ2) is 6.60. The first-order valence-corrected chi connectivity index (χ1v) is 5.49. The zero-order valence-electron chi connectivity index (χ0n) is 10.8. The van der Waals surface area contributed by atoms with Crippen molar-refractivity contribution in [3.63, 3.8) is 0 Å². The molecule has 0 saturated heterocycles. The van der Waals surface area contributed by atoms with Crippen LogP contribution in [0.25, 0.3) is 0 Å². The number of carbonyl (C=O) groups excluding carboxylic acids is 2. The number of nitrogens with zero attached hydrogens (tertiary/aromatic N) is 1. The number of hydrogen-bond donors (Lipinski definition) is 0. The van der Waals surface area contributed by atoms with Crippen molar-refractivity contribution in [2.45, 2.75) is 6.42 Å². The van der Waals surface area contributed by atoms with E-state index in [0.717, 1.165) is 26.4 Å². The van der Waals surface area contributed by atoms with Crippen LogP contribution in [0.5, 0.6) is 0 Å². The summed E-state index contributed by atoms with van der Waals surface area (Å²) in [5.41, 5.74) is -0.435. The first-order valence-electron chi connectivity index (χ1n) is 5.49. The van der Waals surface area contributed by atoms with E-state index in [1.54, 1.807) is 0 Å². The van der Waals surface area contributed by atoms with E-state index in [9.17, 15) is 24.1 Å². The van der Waals surface area contributed by atoms with E-state index in [-0.39, 0.29) is 12.0 Å². The van der Waals surface area contributed by atoms with E-state index in [4.69, 9.17) is 0 Å². The Labute approximate surface area is 113 Å². The molecule has 0 heterocycles. The number of carbonyl (C=O) groups is 2. The number of rotatable bonds is 5. The standard InChI is InChI=1S/C12H12FNO6/c1-19-11(15)8(12(16)20-2)5-7-3-4-10(14(17)18)9(13)6-7/h3-4,6,8H,5H2,1-2H3. The van der Waals surface area contributed by atoms with E-state index < -0.39 is 34.3 Å². The SMILES string of the molecule is COC(=O)C(Cc1ccc([N+](=O)[O-])c(F)c1)C(=O)OC. The fourth-order valence-electron chi connectivity index (χ4n) is 1.61. The van der Waals surface area contributed by atoms with Gasteiger partial charge in [0, 0.05) is 6.07 Å². The molecule has 1 aromatic rings. The largest absolute Gasteiger partial charge is 0.468 e. The molecule has 0 saturated carbocycles. The highest BCUT2D eigenvalue weighted by atomic mass is 19.1. The predicted molar refractivity (Wildman–Crippen MR) is 64.3 cm³/mol. The van der Waals surface area contributed by atoms with Gasteiger partial charge in [0.05, 0.1) is 19.1 Å². The Balaban J connectivity index is 3.00. The molecular weight excluding hydrogens is 273 g/mol. The predicted octanol–water partition coefficient (Wildman–Crippen LogP) is 1.24. The van der Waals surface area contributed by atoms with Crippen molar-refractivity contribution in [3.05, 3.63) is 39.7 Å². The summed E-state index contributed by atoms with van der Waals surface area (Å²) in [6, 6.07) is 3.13. The maximum absolute atomic E-state index is 13.4. The van der Waals surface area contributed by atoms with Crippen molar-refractivity contribution in [2.24, 2.45) is 5.92 Å². The molecule has 0 amide bonds. The molecule has 0 aliphatic rings. The Bertz CT molecular complexity index is 529. The quantitative estimate of drug-likeness (QED) is 0.349. The van der Waals surface area contributed by atoms with Crippen molar-refractivity contribution in [3.8, 4) is 0 Å². The lowest BCUT2D eigenvalue weighted by Crippen LogP contribution is -2.28. The highest BCUT2D eigenvalue weighted by molar-refractivity contribution is 5.95. The fourth-order valence-corrected chi connectivity index (χ4v) is 1.61. The van der Waals surface area contributed by atoms with Crippen molar-refractivity contribution in [1.82, 2.24) is 0 Å². The topological polar surface area (TPSA) is 95.7 Å². The van der Waals surface area contributed by atoms with Crippen LogP contribution in [0.4, 0.5) is 10.1 Å². The minimum absolute atomic E-state index is 0.172. The molecule has 20 heavy (non-hydrogen) atoms. The Morgan fingerprint density at radius 2 is 1.85 bits per heavy atom. The third-order valence-corrected chi connectivity index (χ3v) is 2.62. The Kier molecular flexibility index (Phi) is 5.13. The van der Waals surface area contributed by atoms with Crippen LogP contribution in [0.2, 0.25) is 0 Å². The zero-order chi connectivity index (χ0) is 15.3. The smallest absolute Gasteiger partial charge is 0.320 e. The van der Waals surface area contributed by atoms with E-state index in [0.29, 0.717) is 0 Å². The molecule has 1 rings (SSSR count). The van der Waals surface area contributed by atoms with Gasteiger partial charge in [0.15, 0.2) is 5.92 Å². The van der Waals surface area contributed by atoms with E-state index in [1.165, 1.54) is 6.07 Å². The first-order chi connectivity index (χ1) is 9.40. The molecule has 0 unspecified atom stereocenters. The highest BCUT2D eigenvalue weighted by Crippen LogP contribution is 2.20. The molecule has 0 spiro atoms. The summed E-state index contributed by atoms with van der Waals surface area (Å²) in [6.07, 6.45) is -0.172. The third-order valence-electron chi connectivity index (χ3n) is 2.62. The van der Waals surface area contributed by atoms with Crippen molar-refractivity contribution in [2.75, 3.05) is 14.2 Å². The summed E-state index contributed by atoms with van der Waals surface area (Å²) in [6.45, 7) is 0. The van der Waals surface area contributed by atoms with Crippen LogP contribution in [0.15, 0.2) is 18.2 Å². The van der Waals surface area contributed by atoms with Gasteiger partial charge in [-0.1, -0.05) is 6.07 Å². The molecule has 0 N–H and O–H groups in total. The Hall–Kier alpha value is -2.51. The molecule has 0 atom stereocenters. The summed E-state index contributed by atoms with van der Waals surface area (Å²) in [5.74, 6) is -3.93. The van der Waals surface area contributed by atoms with Gasteiger partial charge in [0.25, 0.3) is 0 Å². The number of esters is 2. The minimum atomic E-state index is -1.24. The van der Waals surface area contributed by atoms with Gasteiger partial charge >= 0.3 is 17.6 Å². The van der Waals surface area contributed by atoms with Gasteiger partial charge < -0.3 is 9.47 Å². The fraction of sp³-hybridized carbons (Fsp3) is 0.333. The second-order valence-electron chi connectivity index (χ2n) is 3.85. The van der Waals surface area contributed by atoms with Crippen molar-refractivity contribution < 1.29 is 28.4 Å². The molecule has 0 aliphatic heterocycles. The van der Waals surface area contributed by atoms with Crippen molar-refractivity contribution >= 4 is 17.6 Å². The summed E-state index contributed by atoms with van der Waals surface area (Å²) in [7, 11) is 2.21. The molecular formula is C12H12FNO6. The average Bonchev–Trinajstić information content (AvgIpc) is 2.42. The number of benzene rings is 1. The number of methoxy groups -OCH3 is 2. The number of nitro benzene ring substituents is 1. The Morgan fingerprint density at radius 1 is 1.30 bits per heavy atom. The van der Waals surface area contributed by atoms with Crippen LogP contribution in [-0.2, 0) is 25.5 Å². The van der Waals surface area contributed by atoms with Crippen LogP contribution in [-0.4, -0.2) is 31.1 Å². The molecule has 8 heteroatoms. The molecule has 108 valence electrons. The lowest BCUT2D eigenvalue weighted by Gasteiger charge is -2.12. The molecule has 0 fully saturated rings. The summed E-state index contributed by atoms with van der Waals surface area (Å²) >= 11 is 0. The summed E-state index contributed by atoms with van der Waals surface area (Å²) < 4.78 is 22.4. The van der Waals surface area contributed by atoms with Gasteiger partial charge in [0.1, 0.15) is 0 Å². The minimum Gasteiger partial charge on any atom is -0.468 e. The molecule has 0 aliphatic carbocycles. The third kappa shape index (κ3) is 3.50. The van der Waals surface area contributed by atoms with Crippen LogP contribution >= 0.6 is 0 Å². The number of halogens is 1. The lowest BCUT2D eigenvalue weighted by atomic mass is 9.99. The Morgan fingerprint density at radius 3 is 2.25 bits per heavy atom. The summed E-state index contributed by atoms with van der Waals surface area (Å²) in [5, 5.41) is 10.5. The van der Waals surface area contributed by atoms with Crippen LogP contribution in [0, 0.1) is 21.8 Å². The average molecular weight is 285 g/mol. The molecule has 0 bridgehead atoms. The number of nitro groups is 1. The molecule has 1 aromatic carbocycles. The second-order valence-corrected chi connectivity index (χ2v) is 3.85. The van der Waals surface area contributed by atoms with Crippen LogP contribution in [0.3, 0.4) is 0 Å².